The number of halogens is 1. The van der Waals surface area contributed by atoms with E-state index in [2.05, 4.69) is 26.2 Å². The zero-order valence-electron chi connectivity index (χ0n) is 20.6. The average molecular weight is 576 g/mol. The zero-order chi connectivity index (χ0) is 26.7. The third-order valence-corrected chi connectivity index (χ3v) is 8.68. The largest absolute Gasteiger partial charge is 0.352 e. The lowest BCUT2D eigenvalue weighted by Gasteiger charge is -2.37. The van der Waals surface area contributed by atoms with Gasteiger partial charge in [0.25, 0.3) is 0 Å². The van der Waals surface area contributed by atoms with E-state index in [1.54, 1.807) is 30.5 Å². The van der Waals surface area contributed by atoms with Crippen molar-refractivity contribution < 1.29 is 14.4 Å². The molecule has 3 aromatic carbocycles. The summed E-state index contributed by atoms with van der Waals surface area (Å²) in [7, 11) is 0. The smallest absolute Gasteiger partial charge is 0.238 e. The van der Waals surface area contributed by atoms with Crippen LogP contribution < -0.4 is 10.2 Å². The van der Waals surface area contributed by atoms with E-state index in [-0.39, 0.29) is 17.5 Å². The second kappa shape index (κ2) is 8.85. The predicted octanol–water partition coefficient (Wildman–Crippen LogP) is 5.70. The van der Waals surface area contributed by atoms with Crippen molar-refractivity contribution >= 4 is 50.9 Å². The van der Waals surface area contributed by atoms with E-state index < -0.39 is 23.4 Å². The van der Waals surface area contributed by atoms with Crippen molar-refractivity contribution in [1.82, 2.24) is 4.98 Å². The van der Waals surface area contributed by atoms with E-state index in [0.29, 0.717) is 22.4 Å². The van der Waals surface area contributed by atoms with E-state index in [1.165, 1.54) is 6.20 Å². The number of hydrogen-bond acceptors (Lipinski definition) is 5. The highest BCUT2D eigenvalue weighted by Crippen LogP contribution is 2.58. The molecule has 7 rings (SSSR count). The number of pyridine rings is 1. The van der Waals surface area contributed by atoms with E-state index in [1.807, 2.05) is 77.7 Å². The van der Waals surface area contributed by atoms with Crippen molar-refractivity contribution in [2.45, 2.75) is 17.5 Å². The number of nitrogens with one attached hydrogen (secondary N) is 1. The highest BCUT2D eigenvalue weighted by atomic mass is 79.9. The summed E-state index contributed by atoms with van der Waals surface area (Å²) in [4.78, 5) is 49.7. The van der Waals surface area contributed by atoms with E-state index in [0.717, 1.165) is 15.7 Å². The van der Waals surface area contributed by atoms with Gasteiger partial charge in [-0.15, -0.1) is 0 Å². The van der Waals surface area contributed by atoms with Gasteiger partial charge in [-0.2, -0.15) is 0 Å². The van der Waals surface area contributed by atoms with Crippen LogP contribution in [0.5, 0.6) is 0 Å². The highest BCUT2D eigenvalue weighted by Gasteiger charge is 2.70. The molecule has 0 saturated carbocycles. The summed E-state index contributed by atoms with van der Waals surface area (Å²) in [6.45, 7) is 0. The highest BCUT2D eigenvalue weighted by molar-refractivity contribution is 9.10. The number of nitrogens with zero attached hydrogens (tertiary/aromatic N) is 2. The van der Waals surface area contributed by atoms with Gasteiger partial charge in [0.15, 0.2) is 11.6 Å². The molecule has 1 saturated heterocycles. The van der Waals surface area contributed by atoms with Crippen molar-refractivity contribution in [3.05, 3.63) is 130 Å². The maximum Gasteiger partial charge on any atom is 0.238 e. The number of ketones is 2. The van der Waals surface area contributed by atoms with Crippen LogP contribution in [0.15, 0.2) is 108 Å². The predicted molar refractivity (Wildman–Crippen MR) is 153 cm³/mol. The summed E-state index contributed by atoms with van der Waals surface area (Å²) in [5.41, 5.74) is 2.44. The summed E-state index contributed by atoms with van der Waals surface area (Å²) in [6, 6.07) is 24.3. The van der Waals surface area contributed by atoms with Crippen LogP contribution in [0.1, 0.15) is 31.8 Å². The number of carbonyl (C=O) groups is 3. The van der Waals surface area contributed by atoms with Gasteiger partial charge in [-0.3, -0.25) is 19.4 Å². The Balaban J connectivity index is 1.54. The molecule has 4 heterocycles. The van der Waals surface area contributed by atoms with Gasteiger partial charge in [-0.25, -0.2) is 0 Å². The number of amides is 1. The van der Waals surface area contributed by atoms with Gasteiger partial charge in [0.05, 0.1) is 12.0 Å². The molecule has 1 N–H and O–H groups in total. The molecule has 1 aromatic heterocycles. The van der Waals surface area contributed by atoms with Crippen molar-refractivity contribution in [3.8, 4) is 0 Å². The first-order valence-corrected chi connectivity index (χ1v) is 13.5. The van der Waals surface area contributed by atoms with Crippen molar-refractivity contribution in [2.75, 3.05) is 10.2 Å². The van der Waals surface area contributed by atoms with Gasteiger partial charge in [0.1, 0.15) is 11.5 Å². The van der Waals surface area contributed by atoms with Crippen LogP contribution >= 0.6 is 15.9 Å². The Bertz CT molecular complexity index is 1680. The Labute approximate surface area is 233 Å². The molecule has 0 aliphatic carbocycles. The first-order chi connectivity index (χ1) is 19.0. The SMILES string of the molecule is O=C(c1ccc(Br)cc1)[C@@H]1N2c3ccccc3C=CC2[C@H](C(=O)c2cccnc2)[C@]12C(=O)Nc1ccccc12. The number of benzene rings is 3. The monoisotopic (exact) mass is 575 g/mol. The molecule has 0 bridgehead atoms. The van der Waals surface area contributed by atoms with Crippen LogP contribution in [0.3, 0.4) is 0 Å². The molecule has 3 aliphatic heterocycles. The summed E-state index contributed by atoms with van der Waals surface area (Å²) < 4.78 is 0.845. The third-order valence-electron chi connectivity index (χ3n) is 8.15. The minimum absolute atomic E-state index is 0.217. The molecule has 1 unspecified atom stereocenters. The van der Waals surface area contributed by atoms with Crippen LogP contribution in [0.4, 0.5) is 11.4 Å². The molecular weight excluding hydrogens is 554 g/mol. The molecule has 4 aromatic rings. The molecule has 3 aliphatic rings. The summed E-state index contributed by atoms with van der Waals surface area (Å²) >= 11 is 3.45. The number of fused-ring (bicyclic) bond motifs is 5. The van der Waals surface area contributed by atoms with Gasteiger partial charge in [0, 0.05) is 39.4 Å². The van der Waals surface area contributed by atoms with Crippen LogP contribution in [-0.2, 0) is 10.2 Å². The first kappa shape index (κ1) is 23.7. The number of Topliss-reactive ketones (excluding diaryl/α,β-unsaturated/α-hetero) is 2. The first-order valence-electron chi connectivity index (χ1n) is 12.7. The summed E-state index contributed by atoms with van der Waals surface area (Å²) in [6.07, 6.45) is 7.09. The van der Waals surface area contributed by atoms with Crippen LogP contribution in [-0.4, -0.2) is 34.5 Å². The third kappa shape index (κ3) is 3.32. The number of hydrogen-bond donors (Lipinski definition) is 1. The number of anilines is 2. The Morgan fingerprint density at radius 1 is 0.872 bits per heavy atom. The van der Waals surface area contributed by atoms with Crippen molar-refractivity contribution in [3.63, 3.8) is 0 Å². The molecule has 6 nitrogen and oxygen atoms in total. The molecule has 190 valence electrons. The van der Waals surface area contributed by atoms with E-state index >= 15 is 0 Å². The normalized spacial score (nSPS) is 24.2. The van der Waals surface area contributed by atoms with E-state index in [4.69, 9.17) is 0 Å². The van der Waals surface area contributed by atoms with Crippen molar-refractivity contribution in [2.24, 2.45) is 5.92 Å². The minimum Gasteiger partial charge on any atom is -0.352 e. The second-order valence-corrected chi connectivity index (χ2v) is 11.0. The quantitative estimate of drug-likeness (QED) is 0.316. The van der Waals surface area contributed by atoms with Crippen LogP contribution in [0.25, 0.3) is 6.08 Å². The van der Waals surface area contributed by atoms with Gasteiger partial charge in [-0.1, -0.05) is 76.6 Å². The molecule has 7 heteroatoms. The Hall–Kier alpha value is -4.36. The lowest BCUT2D eigenvalue weighted by Crippen LogP contribution is -2.55. The molecule has 1 amide bonds. The minimum atomic E-state index is -1.47. The molecular formula is C32H22BrN3O3. The van der Waals surface area contributed by atoms with Gasteiger partial charge < -0.3 is 10.2 Å². The maximum atomic E-state index is 14.7. The number of para-hydroxylation sites is 2. The fraction of sp³-hybridized carbons (Fsp3) is 0.125. The fourth-order valence-corrected chi connectivity index (χ4v) is 6.86. The Morgan fingerprint density at radius 3 is 2.44 bits per heavy atom. The lowest BCUT2D eigenvalue weighted by molar-refractivity contribution is -0.121. The topological polar surface area (TPSA) is 79.4 Å². The molecule has 0 radical (unpaired) electrons. The Morgan fingerprint density at radius 2 is 1.64 bits per heavy atom. The van der Waals surface area contributed by atoms with Crippen LogP contribution in [0.2, 0.25) is 0 Å². The molecule has 1 spiro atoms. The number of carbonyl (C=O) groups excluding carboxylic acids is 3. The number of aromatic nitrogens is 1. The fourth-order valence-electron chi connectivity index (χ4n) is 6.60. The molecule has 4 atom stereocenters. The lowest BCUT2D eigenvalue weighted by atomic mass is 9.63. The zero-order valence-corrected chi connectivity index (χ0v) is 22.2. The Kier molecular flexibility index (Phi) is 5.39. The standard InChI is InChI=1S/C32H22BrN3O3/c33-22-14-11-20(12-15-22)29(38)30-32(23-8-2-3-9-24(23)35-31(32)39)27(28(37)21-7-5-17-34-18-21)26-16-13-19-6-1-4-10-25(19)36(26)30/h1-18,26-27,30H,(H,35,39)/t26?,27-,30+,32+/m1/s1. The van der Waals surface area contributed by atoms with E-state index in [9.17, 15) is 14.4 Å². The van der Waals surface area contributed by atoms with Gasteiger partial charge >= 0.3 is 0 Å². The molecule has 1 fully saturated rings. The molecule has 39 heavy (non-hydrogen) atoms. The van der Waals surface area contributed by atoms with Crippen LogP contribution in [0, 0.1) is 5.92 Å². The van der Waals surface area contributed by atoms with Gasteiger partial charge in [0.2, 0.25) is 5.91 Å². The second-order valence-electron chi connectivity index (χ2n) is 10.0. The average Bonchev–Trinajstić information content (AvgIpc) is 3.45. The number of rotatable bonds is 4. The van der Waals surface area contributed by atoms with Gasteiger partial charge in [-0.05, 0) is 47.5 Å². The summed E-state index contributed by atoms with van der Waals surface area (Å²) in [5, 5.41) is 3.03. The summed E-state index contributed by atoms with van der Waals surface area (Å²) in [5.74, 6) is -1.66. The maximum absolute atomic E-state index is 14.7. The van der Waals surface area contributed by atoms with Crippen molar-refractivity contribution in [1.29, 1.82) is 0 Å².